The van der Waals surface area contributed by atoms with Crippen LogP contribution in [0, 0.1) is 0 Å². The Morgan fingerprint density at radius 1 is 1.47 bits per heavy atom. The number of nitrogens with zero attached hydrogens (tertiary/aromatic N) is 3. The molecule has 6 nitrogen and oxygen atoms in total. The summed E-state index contributed by atoms with van der Waals surface area (Å²) in [5.41, 5.74) is 5.80. The molecule has 1 atom stereocenters. The molecule has 1 aromatic heterocycles. The van der Waals surface area contributed by atoms with Gasteiger partial charge in [-0.25, -0.2) is 0 Å². The molecular formula is C13H22N4O2. The highest BCUT2D eigenvalue weighted by molar-refractivity contribution is 5.12. The number of rotatable bonds is 4. The van der Waals surface area contributed by atoms with Crippen molar-refractivity contribution in [3.05, 3.63) is 11.7 Å². The Morgan fingerprint density at radius 3 is 2.95 bits per heavy atom. The van der Waals surface area contributed by atoms with Crippen molar-refractivity contribution in [3.63, 3.8) is 0 Å². The minimum atomic E-state index is -0.0684. The Hall–Kier alpha value is -0.980. The second kappa shape index (κ2) is 5.19. The lowest BCUT2D eigenvalue weighted by Gasteiger charge is -2.37. The molecule has 2 fully saturated rings. The zero-order chi connectivity index (χ0) is 13.3. The third-order valence-electron chi connectivity index (χ3n) is 4.48. The van der Waals surface area contributed by atoms with Crippen LogP contribution in [0.15, 0.2) is 4.52 Å². The summed E-state index contributed by atoms with van der Waals surface area (Å²) in [5.74, 6) is 1.38. The second-order valence-corrected chi connectivity index (χ2v) is 5.55. The van der Waals surface area contributed by atoms with Crippen LogP contribution in [-0.2, 0) is 10.2 Å². The molecule has 19 heavy (non-hydrogen) atoms. The van der Waals surface area contributed by atoms with E-state index in [4.69, 9.17) is 15.0 Å². The van der Waals surface area contributed by atoms with Crippen LogP contribution in [0.1, 0.15) is 44.0 Å². The molecule has 2 heterocycles. The first-order valence-corrected chi connectivity index (χ1v) is 7.15. The van der Waals surface area contributed by atoms with Gasteiger partial charge in [0.1, 0.15) is 6.10 Å². The van der Waals surface area contributed by atoms with E-state index < -0.39 is 0 Å². The quantitative estimate of drug-likeness (QED) is 0.870. The minimum absolute atomic E-state index is 0.0651. The lowest BCUT2D eigenvalue weighted by atomic mass is 9.69. The molecule has 106 valence electrons. The standard InChI is InChI=1S/C13H22N4O2/c1-2-17-6-7-18-10(8-17)11-15-12(19-16-11)13(9-14)4-3-5-13/h10H,2-9,14H2,1H3. The predicted molar refractivity (Wildman–Crippen MR) is 69.7 cm³/mol. The van der Waals surface area contributed by atoms with Crippen LogP contribution >= 0.6 is 0 Å². The van der Waals surface area contributed by atoms with E-state index in [1.165, 1.54) is 6.42 Å². The summed E-state index contributed by atoms with van der Waals surface area (Å²) in [6.45, 7) is 6.31. The fourth-order valence-electron chi connectivity index (χ4n) is 2.84. The average Bonchev–Trinajstić information content (AvgIpc) is 2.88. The van der Waals surface area contributed by atoms with Gasteiger partial charge in [-0.15, -0.1) is 0 Å². The number of ether oxygens (including phenoxy) is 1. The third-order valence-corrected chi connectivity index (χ3v) is 4.48. The molecule has 0 aromatic carbocycles. The first kappa shape index (κ1) is 13.0. The van der Waals surface area contributed by atoms with Gasteiger partial charge in [0, 0.05) is 19.6 Å². The lowest BCUT2D eigenvalue weighted by molar-refractivity contribution is -0.0334. The van der Waals surface area contributed by atoms with Gasteiger partial charge in [-0.3, -0.25) is 4.90 Å². The van der Waals surface area contributed by atoms with Gasteiger partial charge in [0.25, 0.3) is 0 Å². The molecule has 1 saturated heterocycles. The van der Waals surface area contributed by atoms with Gasteiger partial charge in [-0.1, -0.05) is 18.5 Å². The van der Waals surface area contributed by atoms with Gasteiger partial charge < -0.3 is 15.0 Å². The van der Waals surface area contributed by atoms with Crippen LogP contribution < -0.4 is 5.73 Å². The number of aromatic nitrogens is 2. The van der Waals surface area contributed by atoms with Gasteiger partial charge in [-0.2, -0.15) is 4.98 Å². The Balaban J connectivity index is 1.74. The van der Waals surface area contributed by atoms with E-state index in [1.807, 2.05) is 0 Å². The fraction of sp³-hybridized carbons (Fsp3) is 0.846. The highest BCUT2D eigenvalue weighted by Crippen LogP contribution is 2.42. The molecular weight excluding hydrogens is 244 g/mol. The molecule has 1 unspecified atom stereocenters. The van der Waals surface area contributed by atoms with Crippen LogP contribution in [0.2, 0.25) is 0 Å². The zero-order valence-corrected chi connectivity index (χ0v) is 11.5. The van der Waals surface area contributed by atoms with E-state index in [2.05, 4.69) is 22.0 Å². The molecule has 1 aliphatic heterocycles. The average molecular weight is 266 g/mol. The fourth-order valence-corrected chi connectivity index (χ4v) is 2.84. The van der Waals surface area contributed by atoms with Crippen molar-refractivity contribution in [3.8, 4) is 0 Å². The van der Waals surface area contributed by atoms with Crippen molar-refractivity contribution in [1.29, 1.82) is 0 Å². The van der Waals surface area contributed by atoms with E-state index >= 15 is 0 Å². The second-order valence-electron chi connectivity index (χ2n) is 5.55. The molecule has 0 amide bonds. The first-order valence-electron chi connectivity index (χ1n) is 7.15. The summed E-state index contributed by atoms with van der Waals surface area (Å²) < 4.78 is 11.2. The normalized spacial score (nSPS) is 27.2. The molecule has 6 heteroatoms. The monoisotopic (exact) mass is 266 g/mol. The lowest BCUT2D eigenvalue weighted by Crippen LogP contribution is -2.42. The number of hydrogen-bond donors (Lipinski definition) is 1. The van der Waals surface area contributed by atoms with Crippen LogP contribution in [-0.4, -0.2) is 47.8 Å². The summed E-state index contributed by atoms with van der Waals surface area (Å²) in [6.07, 6.45) is 3.23. The van der Waals surface area contributed by atoms with Crippen molar-refractivity contribution < 1.29 is 9.26 Å². The van der Waals surface area contributed by atoms with Gasteiger partial charge in [0.05, 0.1) is 12.0 Å². The molecule has 2 aliphatic rings. The van der Waals surface area contributed by atoms with Crippen molar-refractivity contribution in [2.45, 2.75) is 37.7 Å². The Morgan fingerprint density at radius 2 is 2.32 bits per heavy atom. The van der Waals surface area contributed by atoms with Gasteiger partial charge in [-0.05, 0) is 19.4 Å². The zero-order valence-electron chi connectivity index (χ0n) is 11.5. The number of morpholine rings is 1. The maximum absolute atomic E-state index is 5.86. The predicted octanol–water partition coefficient (Wildman–Crippen LogP) is 0.843. The smallest absolute Gasteiger partial charge is 0.234 e. The van der Waals surface area contributed by atoms with E-state index in [0.29, 0.717) is 18.3 Å². The molecule has 1 aromatic rings. The van der Waals surface area contributed by atoms with Gasteiger partial charge >= 0.3 is 0 Å². The summed E-state index contributed by atoms with van der Waals surface area (Å²) in [4.78, 5) is 6.90. The molecule has 0 spiro atoms. The van der Waals surface area contributed by atoms with Crippen molar-refractivity contribution in [2.24, 2.45) is 5.73 Å². The van der Waals surface area contributed by atoms with Crippen LogP contribution in [0.4, 0.5) is 0 Å². The number of likely N-dealkylation sites (N-methyl/N-ethyl adjacent to an activating group) is 1. The molecule has 0 bridgehead atoms. The van der Waals surface area contributed by atoms with E-state index in [0.717, 1.165) is 39.1 Å². The highest BCUT2D eigenvalue weighted by atomic mass is 16.5. The third kappa shape index (κ3) is 2.28. The van der Waals surface area contributed by atoms with Gasteiger partial charge in [0.2, 0.25) is 11.7 Å². The van der Waals surface area contributed by atoms with Crippen molar-refractivity contribution in [1.82, 2.24) is 15.0 Å². The maximum Gasteiger partial charge on any atom is 0.234 e. The number of hydrogen-bond acceptors (Lipinski definition) is 6. The largest absolute Gasteiger partial charge is 0.367 e. The van der Waals surface area contributed by atoms with Crippen LogP contribution in [0.3, 0.4) is 0 Å². The highest BCUT2D eigenvalue weighted by Gasteiger charge is 2.43. The molecule has 1 saturated carbocycles. The topological polar surface area (TPSA) is 77.4 Å². The molecule has 3 rings (SSSR count). The first-order chi connectivity index (χ1) is 9.27. The molecule has 2 N–H and O–H groups in total. The maximum atomic E-state index is 5.86. The van der Waals surface area contributed by atoms with Crippen molar-refractivity contribution in [2.75, 3.05) is 32.8 Å². The van der Waals surface area contributed by atoms with E-state index in [9.17, 15) is 0 Å². The summed E-state index contributed by atoms with van der Waals surface area (Å²) in [7, 11) is 0. The SMILES string of the molecule is CCN1CCOC(c2noc(C3(CN)CCC3)n2)C1. The summed E-state index contributed by atoms with van der Waals surface area (Å²) in [5, 5.41) is 4.11. The Bertz CT molecular complexity index is 425. The Labute approximate surface area is 113 Å². The Kier molecular flexibility index (Phi) is 3.56. The van der Waals surface area contributed by atoms with Gasteiger partial charge in [0.15, 0.2) is 0 Å². The van der Waals surface area contributed by atoms with E-state index in [1.54, 1.807) is 0 Å². The minimum Gasteiger partial charge on any atom is -0.367 e. The van der Waals surface area contributed by atoms with Crippen molar-refractivity contribution >= 4 is 0 Å². The summed E-state index contributed by atoms with van der Waals surface area (Å²) >= 11 is 0. The summed E-state index contributed by atoms with van der Waals surface area (Å²) in [6, 6.07) is 0. The molecule has 1 aliphatic carbocycles. The van der Waals surface area contributed by atoms with Crippen LogP contribution in [0.5, 0.6) is 0 Å². The molecule has 0 radical (unpaired) electrons. The van der Waals surface area contributed by atoms with Crippen LogP contribution in [0.25, 0.3) is 0 Å². The van der Waals surface area contributed by atoms with E-state index in [-0.39, 0.29) is 11.5 Å². The number of nitrogens with two attached hydrogens (primary N) is 1.